The van der Waals surface area contributed by atoms with E-state index in [0.29, 0.717) is 10.8 Å². The average Bonchev–Trinajstić information content (AvgIpc) is 2.32. The second-order valence-electron chi connectivity index (χ2n) is 3.47. The van der Waals surface area contributed by atoms with E-state index in [2.05, 4.69) is 20.7 Å². The van der Waals surface area contributed by atoms with Gasteiger partial charge in [-0.3, -0.25) is 0 Å². The summed E-state index contributed by atoms with van der Waals surface area (Å²) in [6, 6.07) is 6.20. The summed E-state index contributed by atoms with van der Waals surface area (Å²) in [6.45, 7) is 0. The van der Waals surface area contributed by atoms with Gasteiger partial charge in [0.15, 0.2) is 0 Å². The lowest BCUT2D eigenvalue weighted by Gasteiger charge is -2.08. The van der Waals surface area contributed by atoms with Crippen molar-refractivity contribution >= 4 is 32.7 Å². The number of benzene rings is 2. The number of carbonyl (C=O) groups excluding carboxylic acids is 1. The number of phenols is 2. The quantitative estimate of drug-likeness (QED) is 0.627. The van der Waals surface area contributed by atoms with Gasteiger partial charge in [0.2, 0.25) is 0 Å². The molecule has 0 aliphatic carbocycles. The fourth-order valence-electron chi connectivity index (χ4n) is 1.63. The first-order valence-electron chi connectivity index (χ1n) is 4.77. The topological polar surface area (TPSA) is 66.8 Å². The summed E-state index contributed by atoms with van der Waals surface area (Å²) in [5.41, 5.74) is -0.0596. The number of ether oxygens (including phenoxy) is 1. The van der Waals surface area contributed by atoms with Gasteiger partial charge in [0.25, 0.3) is 0 Å². The molecule has 0 unspecified atom stereocenters. The molecule has 2 aromatic carbocycles. The highest BCUT2D eigenvalue weighted by Gasteiger charge is 2.17. The number of hydrogen-bond donors (Lipinski definition) is 2. The van der Waals surface area contributed by atoms with Crippen molar-refractivity contribution in [3.63, 3.8) is 0 Å². The molecule has 0 heterocycles. The zero-order valence-electron chi connectivity index (χ0n) is 8.90. The predicted molar refractivity (Wildman–Crippen MR) is 66.3 cm³/mol. The molecule has 17 heavy (non-hydrogen) atoms. The van der Waals surface area contributed by atoms with E-state index in [4.69, 9.17) is 0 Å². The van der Waals surface area contributed by atoms with Crippen molar-refractivity contribution in [3.05, 3.63) is 34.3 Å². The SMILES string of the molecule is COC(=O)c1cc(O)c2ccc(Br)cc2c1O. The highest BCUT2D eigenvalue weighted by atomic mass is 79.9. The molecule has 5 heteroatoms. The van der Waals surface area contributed by atoms with Crippen LogP contribution in [0.4, 0.5) is 0 Å². The maximum Gasteiger partial charge on any atom is 0.341 e. The smallest absolute Gasteiger partial charge is 0.341 e. The van der Waals surface area contributed by atoms with Crippen LogP contribution in [0.25, 0.3) is 10.8 Å². The summed E-state index contributed by atoms with van der Waals surface area (Å²) in [5.74, 6) is -0.976. The van der Waals surface area contributed by atoms with Gasteiger partial charge in [-0.05, 0) is 24.3 Å². The van der Waals surface area contributed by atoms with Gasteiger partial charge in [-0.2, -0.15) is 0 Å². The predicted octanol–water partition coefficient (Wildman–Crippen LogP) is 2.80. The van der Waals surface area contributed by atoms with E-state index in [9.17, 15) is 15.0 Å². The van der Waals surface area contributed by atoms with Gasteiger partial charge < -0.3 is 14.9 Å². The Morgan fingerprint density at radius 1 is 1.24 bits per heavy atom. The molecule has 0 fully saturated rings. The third kappa shape index (κ3) is 1.93. The largest absolute Gasteiger partial charge is 0.507 e. The highest BCUT2D eigenvalue weighted by Crippen LogP contribution is 2.37. The van der Waals surface area contributed by atoms with E-state index < -0.39 is 5.97 Å². The Morgan fingerprint density at radius 3 is 2.59 bits per heavy atom. The van der Waals surface area contributed by atoms with Crippen LogP contribution in [0.3, 0.4) is 0 Å². The molecule has 0 saturated carbocycles. The zero-order valence-corrected chi connectivity index (χ0v) is 10.5. The van der Waals surface area contributed by atoms with Crippen LogP contribution in [0.2, 0.25) is 0 Å². The fraction of sp³-hybridized carbons (Fsp3) is 0.0833. The summed E-state index contributed by atoms with van der Waals surface area (Å²) in [7, 11) is 1.21. The molecule has 0 spiro atoms. The number of carbonyl (C=O) groups is 1. The van der Waals surface area contributed by atoms with Gasteiger partial charge in [0.1, 0.15) is 17.1 Å². The van der Waals surface area contributed by atoms with E-state index in [1.807, 2.05) is 0 Å². The molecule has 0 atom stereocenters. The molecule has 0 saturated heterocycles. The van der Waals surface area contributed by atoms with Crippen molar-refractivity contribution < 1.29 is 19.7 Å². The molecule has 2 N–H and O–H groups in total. The Balaban J connectivity index is 2.82. The molecule has 0 aliphatic rings. The molecule has 0 aromatic heterocycles. The Bertz CT molecular complexity index is 607. The van der Waals surface area contributed by atoms with E-state index in [1.54, 1.807) is 18.2 Å². The van der Waals surface area contributed by atoms with Gasteiger partial charge in [0.05, 0.1) is 7.11 Å². The fourth-order valence-corrected chi connectivity index (χ4v) is 1.99. The van der Waals surface area contributed by atoms with Crippen LogP contribution >= 0.6 is 15.9 Å². The van der Waals surface area contributed by atoms with Crippen LogP contribution in [-0.2, 0) is 4.74 Å². The van der Waals surface area contributed by atoms with Crippen molar-refractivity contribution in [3.8, 4) is 11.5 Å². The molecule has 0 aliphatic heterocycles. The maximum absolute atomic E-state index is 11.4. The van der Waals surface area contributed by atoms with Gasteiger partial charge >= 0.3 is 5.97 Å². The minimum absolute atomic E-state index is 0.0596. The van der Waals surface area contributed by atoms with Crippen molar-refractivity contribution in [1.82, 2.24) is 0 Å². The molecule has 88 valence electrons. The molecule has 2 aromatic rings. The normalized spacial score (nSPS) is 10.5. The van der Waals surface area contributed by atoms with Crippen molar-refractivity contribution in [2.24, 2.45) is 0 Å². The Hall–Kier alpha value is -1.75. The summed E-state index contributed by atoms with van der Waals surface area (Å²) in [6.07, 6.45) is 0. The number of esters is 1. The van der Waals surface area contributed by atoms with Crippen molar-refractivity contribution in [1.29, 1.82) is 0 Å². The summed E-state index contributed by atoms with van der Waals surface area (Å²) < 4.78 is 5.27. The van der Waals surface area contributed by atoms with Crippen LogP contribution in [0.1, 0.15) is 10.4 Å². The molecular formula is C12H9BrO4. The lowest BCUT2D eigenvalue weighted by atomic mass is 10.0. The van der Waals surface area contributed by atoms with Crippen molar-refractivity contribution in [2.75, 3.05) is 7.11 Å². The van der Waals surface area contributed by atoms with Gasteiger partial charge in [0, 0.05) is 15.2 Å². The van der Waals surface area contributed by atoms with E-state index >= 15 is 0 Å². The standard InChI is InChI=1S/C12H9BrO4/c1-17-12(16)9-5-10(14)7-3-2-6(13)4-8(7)11(9)15/h2-5,14-15H,1H3. The van der Waals surface area contributed by atoms with E-state index in [-0.39, 0.29) is 17.1 Å². The van der Waals surface area contributed by atoms with Crippen LogP contribution in [0.15, 0.2) is 28.7 Å². The monoisotopic (exact) mass is 296 g/mol. The molecule has 0 radical (unpaired) electrons. The number of rotatable bonds is 1. The zero-order chi connectivity index (χ0) is 12.6. The van der Waals surface area contributed by atoms with Crippen LogP contribution in [0.5, 0.6) is 11.5 Å². The Labute approximate surface area is 106 Å². The average molecular weight is 297 g/mol. The second-order valence-corrected chi connectivity index (χ2v) is 4.39. The number of aromatic hydroxyl groups is 2. The number of halogens is 1. The minimum Gasteiger partial charge on any atom is -0.507 e. The second kappa shape index (κ2) is 4.25. The number of hydrogen-bond acceptors (Lipinski definition) is 4. The Morgan fingerprint density at radius 2 is 1.94 bits per heavy atom. The summed E-state index contributed by atoms with van der Waals surface area (Å²) in [4.78, 5) is 11.4. The van der Waals surface area contributed by atoms with E-state index in [0.717, 1.165) is 4.47 Å². The third-order valence-electron chi connectivity index (χ3n) is 2.45. The molecular weight excluding hydrogens is 288 g/mol. The number of phenolic OH excluding ortho intramolecular Hbond substituents is 2. The highest BCUT2D eigenvalue weighted by molar-refractivity contribution is 9.10. The molecule has 2 rings (SSSR count). The van der Waals surface area contributed by atoms with Crippen LogP contribution in [-0.4, -0.2) is 23.3 Å². The van der Waals surface area contributed by atoms with Gasteiger partial charge in [-0.1, -0.05) is 15.9 Å². The number of fused-ring (bicyclic) bond motifs is 1. The first-order chi connectivity index (χ1) is 8.04. The molecule has 0 amide bonds. The van der Waals surface area contributed by atoms with Gasteiger partial charge in [-0.15, -0.1) is 0 Å². The lowest BCUT2D eigenvalue weighted by Crippen LogP contribution is -2.01. The Kier molecular flexibility index (Phi) is 2.93. The van der Waals surface area contributed by atoms with E-state index in [1.165, 1.54) is 13.2 Å². The molecule has 4 nitrogen and oxygen atoms in total. The summed E-state index contributed by atoms with van der Waals surface area (Å²) >= 11 is 3.26. The van der Waals surface area contributed by atoms with Crippen molar-refractivity contribution in [2.45, 2.75) is 0 Å². The first-order valence-corrected chi connectivity index (χ1v) is 5.56. The minimum atomic E-state index is -0.695. The first kappa shape index (κ1) is 11.7. The summed E-state index contributed by atoms with van der Waals surface area (Å²) in [5, 5.41) is 20.6. The maximum atomic E-state index is 11.4. The van der Waals surface area contributed by atoms with Crippen LogP contribution in [0, 0.1) is 0 Å². The van der Waals surface area contributed by atoms with Gasteiger partial charge in [-0.25, -0.2) is 4.79 Å². The third-order valence-corrected chi connectivity index (χ3v) is 2.95. The molecule has 0 bridgehead atoms. The lowest BCUT2D eigenvalue weighted by molar-refractivity contribution is 0.0597. The number of methoxy groups -OCH3 is 1. The van der Waals surface area contributed by atoms with Crippen LogP contribution < -0.4 is 0 Å².